The van der Waals surface area contributed by atoms with Crippen LogP contribution in [0.5, 0.6) is 5.75 Å². The number of aromatic nitrogens is 1. The molecule has 5 nitrogen and oxygen atoms in total. The molecule has 1 aromatic carbocycles. The monoisotopic (exact) mass is 297 g/mol. The Bertz CT molecular complexity index is 620. The first-order valence-corrected chi connectivity index (χ1v) is 7.38. The lowest BCUT2D eigenvalue weighted by atomic mass is 10.1. The standard InChI is InChI=1S/C17H19N3O2/c1-20(11-10-19-16-8-4-5-9-18-16)17(21)15-12-13-6-2-3-7-14(13)22-15/h2-9,15H,10-12H2,1H3,(H,18,19). The molecular formula is C17H19N3O2. The quantitative estimate of drug-likeness (QED) is 0.916. The van der Waals surface area contributed by atoms with Crippen molar-refractivity contribution in [3.8, 4) is 5.75 Å². The van der Waals surface area contributed by atoms with E-state index in [1.807, 2.05) is 42.5 Å². The van der Waals surface area contributed by atoms with Crippen molar-refractivity contribution in [1.82, 2.24) is 9.88 Å². The Morgan fingerprint density at radius 3 is 2.91 bits per heavy atom. The van der Waals surface area contributed by atoms with Crippen LogP contribution in [0.1, 0.15) is 5.56 Å². The number of rotatable bonds is 5. The van der Waals surface area contributed by atoms with Crippen molar-refractivity contribution in [2.75, 3.05) is 25.5 Å². The van der Waals surface area contributed by atoms with E-state index < -0.39 is 6.10 Å². The summed E-state index contributed by atoms with van der Waals surface area (Å²) >= 11 is 0. The van der Waals surface area contributed by atoms with E-state index in [4.69, 9.17) is 4.74 Å². The lowest BCUT2D eigenvalue weighted by molar-refractivity contribution is -0.136. The molecule has 1 aliphatic heterocycles. The summed E-state index contributed by atoms with van der Waals surface area (Å²) in [7, 11) is 1.80. The number of fused-ring (bicyclic) bond motifs is 1. The van der Waals surface area contributed by atoms with E-state index in [1.54, 1.807) is 18.1 Å². The number of hydrogen-bond acceptors (Lipinski definition) is 4. The summed E-state index contributed by atoms with van der Waals surface area (Å²) in [5.74, 6) is 1.65. The molecule has 3 rings (SSSR count). The molecule has 0 aliphatic carbocycles. The first-order chi connectivity index (χ1) is 10.7. The Kier molecular flexibility index (Phi) is 4.23. The van der Waals surface area contributed by atoms with E-state index in [-0.39, 0.29) is 5.91 Å². The van der Waals surface area contributed by atoms with E-state index in [1.165, 1.54) is 0 Å². The molecule has 1 unspecified atom stereocenters. The molecule has 5 heteroatoms. The molecule has 0 saturated carbocycles. The highest BCUT2D eigenvalue weighted by atomic mass is 16.5. The maximum Gasteiger partial charge on any atom is 0.263 e. The minimum atomic E-state index is -0.405. The molecule has 0 saturated heterocycles. The molecule has 1 aliphatic rings. The minimum absolute atomic E-state index is 0.0130. The van der Waals surface area contributed by atoms with Crippen LogP contribution in [0.25, 0.3) is 0 Å². The summed E-state index contributed by atoms with van der Waals surface area (Å²) in [6.07, 6.45) is 1.98. The summed E-state index contributed by atoms with van der Waals surface area (Å²) in [6.45, 7) is 1.25. The van der Waals surface area contributed by atoms with Crippen LogP contribution in [0.15, 0.2) is 48.7 Å². The number of nitrogens with one attached hydrogen (secondary N) is 1. The summed E-state index contributed by atoms with van der Waals surface area (Å²) < 4.78 is 5.73. The highest BCUT2D eigenvalue weighted by Crippen LogP contribution is 2.28. The second-order valence-corrected chi connectivity index (χ2v) is 5.32. The van der Waals surface area contributed by atoms with Crippen LogP contribution < -0.4 is 10.1 Å². The summed E-state index contributed by atoms with van der Waals surface area (Å²) in [6, 6.07) is 13.5. The third-order valence-electron chi connectivity index (χ3n) is 3.72. The van der Waals surface area contributed by atoms with Crippen LogP contribution in [0.4, 0.5) is 5.82 Å². The zero-order valence-corrected chi connectivity index (χ0v) is 12.5. The molecule has 1 N–H and O–H groups in total. The highest BCUT2D eigenvalue weighted by molar-refractivity contribution is 5.82. The molecule has 2 heterocycles. The van der Waals surface area contributed by atoms with Crippen molar-refractivity contribution in [2.45, 2.75) is 12.5 Å². The van der Waals surface area contributed by atoms with Gasteiger partial charge in [0.1, 0.15) is 11.6 Å². The van der Waals surface area contributed by atoms with Gasteiger partial charge in [0, 0.05) is 32.8 Å². The number of amides is 1. The van der Waals surface area contributed by atoms with Crippen LogP contribution in [-0.4, -0.2) is 42.0 Å². The van der Waals surface area contributed by atoms with Gasteiger partial charge in [-0.15, -0.1) is 0 Å². The van der Waals surface area contributed by atoms with Crippen LogP contribution >= 0.6 is 0 Å². The van der Waals surface area contributed by atoms with Gasteiger partial charge >= 0.3 is 0 Å². The van der Waals surface area contributed by atoms with E-state index in [0.29, 0.717) is 19.5 Å². The fraction of sp³-hybridized carbons (Fsp3) is 0.294. The number of pyridine rings is 1. The summed E-state index contributed by atoms with van der Waals surface area (Å²) in [5.41, 5.74) is 1.10. The van der Waals surface area contributed by atoms with Gasteiger partial charge in [-0.2, -0.15) is 0 Å². The van der Waals surface area contributed by atoms with Gasteiger partial charge in [0.25, 0.3) is 5.91 Å². The maximum absolute atomic E-state index is 12.4. The van der Waals surface area contributed by atoms with Crippen molar-refractivity contribution in [2.24, 2.45) is 0 Å². The van der Waals surface area contributed by atoms with Crippen LogP contribution in [0.3, 0.4) is 0 Å². The van der Waals surface area contributed by atoms with Gasteiger partial charge < -0.3 is 15.0 Å². The van der Waals surface area contributed by atoms with Crippen molar-refractivity contribution < 1.29 is 9.53 Å². The second kappa shape index (κ2) is 6.47. The van der Waals surface area contributed by atoms with Gasteiger partial charge in [-0.25, -0.2) is 4.98 Å². The molecule has 1 atom stereocenters. The summed E-state index contributed by atoms with van der Waals surface area (Å²) in [4.78, 5) is 18.3. The molecule has 114 valence electrons. The minimum Gasteiger partial charge on any atom is -0.480 e. The number of benzene rings is 1. The number of carbonyl (C=O) groups is 1. The number of carbonyl (C=O) groups excluding carboxylic acids is 1. The molecule has 0 spiro atoms. The van der Waals surface area contributed by atoms with Crippen LogP contribution in [-0.2, 0) is 11.2 Å². The lowest BCUT2D eigenvalue weighted by Gasteiger charge is -2.21. The normalized spacial score (nSPS) is 15.8. The first-order valence-electron chi connectivity index (χ1n) is 7.38. The Morgan fingerprint density at radius 1 is 1.32 bits per heavy atom. The van der Waals surface area contributed by atoms with Gasteiger partial charge in [0.05, 0.1) is 0 Å². The zero-order valence-electron chi connectivity index (χ0n) is 12.5. The van der Waals surface area contributed by atoms with Crippen molar-refractivity contribution in [3.05, 3.63) is 54.2 Å². The average molecular weight is 297 g/mol. The molecular weight excluding hydrogens is 278 g/mol. The molecule has 0 radical (unpaired) electrons. The van der Waals surface area contributed by atoms with Gasteiger partial charge in [0.2, 0.25) is 0 Å². The lowest BCUT2D eigenvalue weighted by Crippen LogP contribution is -2.41. The third kappa shape index (κ3) is 3.19. The Morgan fingerprint density at radius 2 is 2.14 bits per heavy atom. The number of anilines is 1. The predicted molar refractivity (Wildman–Crippen MR) is 84.9 cm³/mol. The number of para-hydroxylation sites is 1. The zero-order chi connectivity index (χ0) is 15.4. The SMILES string of the molecule is CN(CCNc1ccccn1)C(=O)C1Cc2ccccc2O1. The second-order valence-electron chi connectivity index (χ2n) is 5.32. The van der Waals surface area contributed by atoms with Crippen LogP contribution in [0, 0.1) is 0 Å². The molecule has 1 aromatic heterocycles. The fourth-order valence-electron chi connectivity index (χ4n) is 2.49. The fourth-order valence-corrected chi connectivity index (χ4v) is 2.49. The number of hydrogen-bond donors (Lipinski definition) is 1. The van der Waals surface area contributed by atoms with E-state index in [2.05, 4.69) is 10.3 Å². The summed E-state index contributed by atoms with van der Waals surface area (Å²) in [5, 5.41) is 3.19. The molecule has 0 bridgehead atoms. The van der Waals surface area contributed by atoms with Crippen molar-refractivity contribution in [1.29, 1.82) is 0 Å². The number of nitrogens with zero attached hydrogens (tertiary/aromatic N) is 2. The predicted octanol–water partition coefficient (Wildman–Crippen LogP) is 1.96. The third-order valence-corrected chi connectivity index (χ3v) is 3.72. The van der Waals surface area contributed by atoms with Gasteiger partial charge in [0.15, 0.2) is 6.10 Å². The Labute approximate surface area is 129 Å². The Hall–Kier alpha value is -2.56. The van der Waals surface area contributed by atoms with Gasteiger partial charge in [-0.1, -0.05) is 24.3 Å². The smallest absolute Gasteiger partial charge is 0.263 e. The van der Waals surface area contributed by atoms with Crippen molar-refractivity contribution in [3.63, 3.8) is 0 Å². The first kappa shape index (κ1) is 14.4. The van der Waals surface area contributed by atoms with Crippen molar-refractivity contribution >= 4 is 11.7 Å². The highest BCUT2D eigenvalue weighted by Gasteiger charge is 2.30. The van der Waals surface area contributed by atoms with E-state index in [0.717, 1.165) is 17.1 Å². The molecule has 2 aromatic rings. The molecule has 22 heavy (non-hydrogen) atoms. The van der Waals surface area contributed by atoms with E-state index in [9.17, 15) is 4.79 Å². The molecule has 1 amide bonds. The number of likely N-dealkylation sites (N-methyl/N-ethyl adjacent to an activating group) is 1. The topological polar surface area (TPSA) is 54.5 Å². The van der Waals surface area contributed by atoms with E-state index >= 15 is 0 Å². The maximum atomic E-state index is 12.4. The Balaban J connectivity index is 1.49. The average Bonchev–Trinajstić information content (AvgIpc) is 2.99. The van der Waals surface area contributed by atoms with Gasteiger partial charge in [-0.05, 0) is 23.8 Å². The number of ether oxygens (including phenoxy) is 1. The molecule has 0 fully saturated rings. The van der Waals surface area contributed by atoms with Gasteiger partial charge in [-0.3, -0.25) is 4.79 Å². The largest absolute Gasteiger partial charge is 0.480 e. The van der Waals surface area contributed by atoms with Crippen LogP contribution in [0.2, 0.25) is 0 Å².